The Bertz CT molecular complexity index is 344. The average molecular weight is 204 g/mol. The van der Waals surface area contributed by atoms with Gasteiger partial charge in [0, 0.05) is 30.9 Å². The summed E-state index contributed by atoms with van der Waals surface area (Å²) in [5, 5.41) is 0. The van der Waals surface area contributed by atoms with Crippen LogP contribution in [0, 0.1) is 0 Å². The van der Waals surface area contributed by atoms with Crippen LogP contribution in [0.5, 0.6) is 0 Å². The minimum atomic E-state index is 0.0925. The first kappa shape index (κ1) is 11.6. The predicted molar refractivity (Wildman–Crippen MR) is 61.4 cm³/mol. The molecule has 15 heavy (non-hydrogen) atoms. The second-order valence-electron chi connectivity index (χ2n) is 3.69. The summed E-state index contributed by atoms with van der Waals surface area (Å²) in [5.74, 6) is 0.0925. The van der Waals surface area contributed by atoms with Gasteiger partial charge in [0.2, 0.25) is 0 Å². The number of aromatic nitrogens is 1. The van der Waals surface area contributed by atoms with Gasteiger partial charge in [0.25, 0.3) is 0 Å². The van der Waals surface area contributed by atoms with E-state index < -0.39 is 0 Å². The van der Waals surface area contributed by atoms with Crippen LogP contribution in [-0.4, -0.2) is 36.3 Å². The van der Waals surface area contributed by atoms with E-state index in [4.69, 9.17) is 0 Å². The van der Waals surface area contributed by atoms with Crippen molar-refractivity contribution >= 4 is 11.4 Å². The Morgan fingerprint density at radius 1 is 1.40 bits per heavy atom. The smallest absolute Gasteiger partial charge is 0.164 e. The van der Waals surface area contributed by atoms with E-state index in [1.807, 2.05) is 19.0 Å². The normalized spacial score (nSPS) is 10.3. The molecule has 0 atom stereocenters. The van der Waals surface area contributed by atoms with Crippen molar-refractivity contribution < 1.29 is 4.79 Å². The van der Waals surface area contributed by atoms with Crippen molar-refractivity contribution in [2.45, 2.75) is 6.42 Å². The third-order valence-electron chi connectivity index (χ3n) is 2.15. The number of hydrogen-bond donors (Lipinski definition) is 0. The van der Waals surface area contributed by atoms with E-state index in [9.17, 15) is 4.79 Å². The van der Waals surface area contributed by atoms with Crippen LogP contribution in [0.15, 0.2) is 31.1 Å². The summed E-state index contributed by atoms with van der Waals surface area (Å²) >= 11 is 0. The lowest BCUT2D eigenvalue weighted by Gasteiger charge is -2.09. The first-order valence-electron chi connectivity index (χ1n) is 4.88. The quantitative estimate of drug-likeness (QED) is 0.683. The van der Waals surface area contributed by atoms with Crippen LogP contribution in [-0.2, 0) is 4.79 Å². The molecule has 1 heterocycles. The van der Waals surface area contributed by atoms with Crippen molar-refractivity contribution in [2.24, 2.45) is 0 Å². The van der Waals surface area contributed by atoms with E-state index >= 15 is 0 Å². The number of carbonyl (C=O) groups excluding carboxylic acids is 1. The molecular weight excluding hydrogens is 188 g/mol. The van der Waals surface area contributed by atoms with E-state index in [1.54, 1.807) is 24.5 Å². The third-order valence-corrected chi connectivity index (χ3v) is 2.15. The summed E-state index contributed by atoms with van der Waals surface area (Å²) in [4.78, 5) is 17.6. The maximum atomic E-state index is 11.7. The standard InChI is InChI=1S/C12H16N2O/c1-10(11-4-7-13-8-5-11)12(15)6-9-14(2)3/h4-5,7-8H,1,6,9H2,2-3H3. The average Bonchev–Trinajstić information content (AvgIpc) is 2.26. The van der Waals surface area contributed by atoms with E-state index in [1.165, 1.54) is 0 Å². The zero-order valence-corrected chi connectivity index (χ0v) is 9.23. The molecule has 0 aromatic carbocycles. The van der Waals surface area contributed by atoms with Crippen LogP contribution in [0.25, 0.3) is 5.57 Å². The first-order valence-corrected chi connectivity index (χ1v) is 4.88. The van der Waals surface area contributed by atoms with Gasteiger partial charge < -0.3 is 4.90 Å². The minimum Gasteiger partial charge on any atom is -0.309 e. The Hall–Kier alpha value is -1.48. The summed E-state index contributed by atoms with van der Waals surface area (Å²) in [6, 6.07) is 3.60. The minimum absolute atomic E-state index is 0.0925. The van der Waals surface area contributed by atoms with Crippen molar-refractivity contribution in [3.05, 3.63) is 36.7 Å². The summed E-state index contributed by atoms with van der Waals surface area (Å²) in [7, 11) is 3.89. The first-order chi connectivity index (χ1) is 7.11. The number of nitrogens with zero attached hydrogens (tertiary/aromatic N) is 2. The molecule has 0 unspecified atom stereocenters. The van der Waals surface area contributed by atoms with Gasteiger partial charge in [-0.1, -0.05) is 6.58 Å². The van der Waals surface area contributed by atoms with Crippen LogP contribution in [0.2, 0.25) is 0 Å². The number of Topliss-reactive ketones (excluding diaryl/α,β-unsaturated/α-hetero) is 1. The van der Waals surface area contributed by atoms with Crippen LogP contribution in [0.4, 0.5) is 0 Å². The molecule has 0 aliphatic heterocycles. The second kappa shape index (κ2) is 5.41. The third kappa shape index (κ3) is 3.64. The van der Waals surface area contributed by atoms with Crippen molar-refractivity contribution in [1.29, 1.82) is 0 Å². The molecule has 1 aromatic heterocycles. The van der Waals surface area contributed by atoms with Crippen LogP contribution in [0.1, 0.15) is 12.0 Å². The van der Waals surface area contributed by atoms with Crippen LogP contribution in [0.3, 0.4) is 0 Å². The molecule has 1 aromatic rings. The fraction of sp³-hybridized carbons (Fsp3) is 0.333. The lowest BCUT2D eigenvalue weighted by atomic mass is 10.0. The SMILES string of the molecule is C=C(C(=O)CCN(C)C)c1ccncc1. The Kier molecular flexibility index (Phi) is 4.18. The highest BCUT2D eigenvalue weighted by atomic mass is 16.1. The molecule has 0 saturated heterocycles. The number of pyridine rings is 1. The summed E-state index contributed by atoms with van der Waals surface area (Å²) in [6.07, 6.45) is 3.84. The lowest BCUT2D eigenvalue weighted by molar-refractivity contribution is -0.113. The number of allylic oxidation sites excluding steroid dienone is 1. The molecule has 0 aliphatic rings. The molecule has 0 N–H and O–H groups in total. The summed E-state index contributed by atoms with van der Waals surface area (Å²) in [5.41, 5.74) is 1.42. The molecule has 0 spiro atoms. The van der Waals surface area contributed by atoms with Crippen molar-refractivity contribution in [1.82, 2.24) is 9.88 Å². The Balaban J connectivity index is 2.58. The molecule has 80 valence electrons. The maximum Gasteiger partial charge on any atom is 0.164 e. The van der Waals surface area contributed by atoms with Gasteiger partial charge in [-0.15, -0.1) is 0 Å². The van der Waals surface area contributed by atoms with E-state index in [0.29, 0.717) is 12.0 Å². The van der Waals surface area contributed by atoms with E-state index in [2.05, 4.69) is 11.6 Å². The van der Waals surface area contributed by atoms with E-state index in [-0.39, 0.29) is 5.78 Å². The monoisotopic (exact) mass is 204 g/mol. The Morgan fingerprint density at radius 2 is 2.00 bits per heavy atom. The fourth-order valence-electron chi connectivity index (χ4n) is 1.19. The molecule has 0 aliphatic carbocycles. The van der Waals surface area contributed by atoms with E-state index in [0.717, 1.165) is 12.1 Å². The predicted octanol–water partition coefficient (Wildman–Crippen LogP) is 1.62. The number of rotatable bonds is 5. The number of hydrogen-bond acceptors (Lipinski definition) is 3. The second-order valence-corrected chi connectivity index (χ2v) is 3.69. The van der Waals surface area contributed by atoms with Gasteiger partial charge in [-0.3, -0.25) is 9.78 Å². The van der Waals surface area contributed by atoms with Crippen molar-refractivity contribution in [2.75, 3.05) is 20.6 Å². The van der Waals surface area contributed by atoms with Gasteiger partial charge >= 0.3 is 0 Å². The molecule has 0 saturated carbocycles. The fourth-order valence-corrected chi connectivity index (χ4v) is 1.19. The molecule has 3 heteroatoms. The number of carbonyl (C=O) groups is 1. The highest BCUT2D eigenvalue weighted by Gasteiger charge is 2.09. The molecule has 0 fully saturated rings. The molecule has 3 nitrogen and oxygen atoms in total. The zero-order chi connectivity index (χ0) is 11.3. The van der Waals surface area contributed by atoms with Gasteiger partial charge in [-0.25, -0.2) is 0 Å². The van der Waals surface area contributed by atoms with Gasteiger partial charge in [0.1, 0.15) is 0 Å². The van der Waals surface area contributed by atoms with Gasteiger partial charge in [-0.2, -0.15) is 0 Å². The van der Waals surface area contributed by atoms with Crippen molar-refractivity contribution in [3.63, 3.8) is 0 Å². The molecule has 1 rings (SSSR count). The van der Waals surface area contributed by atoms with Gasteiger partial charge in [-0.05, 0) is 31.8 Å². The topological polar surface area (TPSA) is 33.2 Å². The molecule has 0 amide bonds. The van der Waals surface area contributed by atoms with Gasteiger partial charge in [0.05, 0.1) is 0 Å². The Labute approximate surface area is 90.4 Å². The molecular formula is C12H16N2O. The highest BCUT2D eigenvalue weighted by Crippen LogP contribution is 2.13. The molecule has 0 radical (unpaired) electrons. The van der Waals surface area contributed by atoms with Crippen molar-refractivity contribution in [3.8, 4) is 0 Å². The van der Waals surface area contributed by atoms with Gasteiger partial charge in [0.15, 0.2) is 5.78 Å². The summed E-state index contributed by atoms with van der Waals surface area (Å²) in [6.45, 7) is 4.56. The maximum absolute atomic E-state index is 11.7. The lowest BCUT2D eigenvalue weighted by Crippen LogP contribution is -2.17. The molecule has 0 bridgehead atoms. The highest BCUT2D eigenvalue weighted by molar-refractivity contribution is 6.19. The summed E-state index contributed by atoms with van der Waals surface area (Å²) < 4.78 is 0. The zero-order valence-electron chi connectivity index (χ0n) is 9.23. The Morgan fingerprint density at radius 3 is 2.53 bits per heavy atom. The van der Waals surface area contributed by atoms with Crippen LogP contribution >= 0.6 is 0 Å². The number of ketones is 1. The largest absolute Gasteiger partial charge is 0.309 e. The van der Waals surface area contributed by atoms with Crippen LogP contribution < -0.4 is 0 Å².